The molecule has 1 rings (SSSR count). The zero-order valence-corrected chi connectivity index (χ0v) is 11.1. The van der Waals surface area contributed by atoms with Crippen LogP contribution in [-0.2, 0) is 17.4 Å². The van der Waals surface area contributed by atoms with Crippen molar-refractivity contribution in [3.63, 3.8) is 0 Å². The standard InChI is InChI=1S/C12H15F3N2O.ClH/c1-8(7-16)17-11(18)6-9-4-2-3-5-10(9)12(13,14)15;/h2-5,8H,6-7,16H2,1H3,(H,17,18);1H/t8-;/m0./s1. The molecular formula is C12H16ClF3N2O. The third kappa shape index (κ3) is 5.48. The molecule has 0 saturated heterocycles. The lowest BCUT2D eigenvalue weighted by molar-refractivity contribution is -0.138. The molecule has 7 heteroatoms. The molecule has 1 amide bonds. The maximum absolute atomic E-state index is 12.7. The zero-order chi connectivity index (χ0) is 13.8. The van der Waals surface area contributed by atoms with Gasteiger partial charge in [0.2, 0.25) is 5.91 Å². The maximum atomic E-state index is 12.7. The van der Waals surface area contributed by atoms with Gasteiger partial charge < -0.3 is 11.1 Å². The number of carbonyl (C=O) groups is 1. The van der Waals surface area contributed by atoms with Gasteiger partial charge in [0.25, 0.3) is 0 Å². The van der Waals surface area contributed by atoms with E-state index >= 15 is 0 Å². The molecule has 0 heterocycles. The predicted molar refractivity (Wildman–Crippen MR) is 69.1 cm³/mol. The molecule has 0 aromatic heterocycles. The SMILES string of the molecule is C[C@@H](CN)NC(=O)Cc1ccccc1C(F)(F)F.Cl. The lowest BCUT2D eigenvalue weighted by atomic mass is 10.0. The first-order chi connectivity index (χ1) is 8.34. The molecule has 1 atom stereocenters. The molecule has 0 radical (unpaired) electrons. The summed E-state index contributed by atoms with van der Waals surface area (Å²) in [5.41, 5.74) is 4.51. The summed E-state index contributed by atoms with van der Waals surface area (Å²) in [7, 11) is 0. The number of alkyl halides is 3. The first kappa shape index (κ1) is 17.7. The van der Waals surface area contributed by atoms with E-state index in [9.17, 15) is 18.0 Å². The Kier molecular flexibility index (Phi) is 6.86. The quantitative estimate of drug-likeness (QED) is 0.894. The number of benzene rings is 1. The Morgan fingerprint density at radius 3 is 2.47 bits per heavy atom. The van der Waals surface area contributed by atoms with Gasteiger partial charge in [-0.25, -0.2) is 0 Å². The molecule has 1 aromatic rings. The minimum absolute atomic E-state index is 0. The van der Waals surface area contributed by atoms with Gasteiger partial charge in [-0.15, -0.1) is 12.4 Å². The van der Waals surface area contributed by atoms with Gasteiger partial charge in [-0.1, -0.05) is 18.2 Å². The minimum Gasteiger partial charge on any atom is -0.352 e. The Morgan fingerprint density at radius 2 is 1.95 bits per heavy atom. The Morgan fingerprint density at radius 1 is 1.37 bits per heavy atom. The van der Waals surface area contributed by atoms with Crippen LogP contribution in [0.15, 0.2) is 24.3 Å². The highest BCUT2D eigenvalue weighted by Crippen LogP contribution is 2.31. The molecule has 1 aromatic carbocycles. The number of hydrogen-bond donors (Lipinski definition) is 2. The fourth-order valence-electron chi connectivity index (χ4n) is 1.51. The molecule has 0 bridgehead atoms. The van der Waals surface area contributed by atoms with E-state index in [4.69, 9.17) is 5.73 Å². The Bertz CT molecular complexity index is 424. The van der Waals surface area contributed by atoms with Crippen molar-refractivity contribution in [3.8, 4) is 0 Å². The predicted octanol–water partition coefficient (Wildman–Crippen LogP) is 2.13. The van der Waals surface area contributed by atoms with Gasteiger partial charge in [-0.2, -0.15) is 13.2 Å². The van der Waals surface area contributed by atoms with Crippen LogP contribution < -0.4 is 11.1 Å². The van der Waals surface area contributed by atoms with Gasteiger partial charge in [-0.05, 0) is 18.6 Å². The van der Waals surface area contributed by atoms with Crippen molar-refractivity contribution >= 4 is 18.3 Å². The van der Waals surface area contributed by atoms with Crippen molar-refractivity contribution in [2.45, 2.75) is 25.6 Å². The van der Waals surface area contributed by atoms with Crippen LogP contribution >= 0.6 is 12.4 Å². The van der Waals surface area contributed by atoms with Gasteiger partial charge in [0.1, 0.15) is 0 Å². The van der Waals surface area contributed by atoms with Crippen LogP contribution in [0.4, 0.5) is 13.2 Å². The van der Waals surface area contributed by atoms with E-state index in [1.807, 2.05) is 0 Å². The van der Waals surface area contributed by atoms with E-state index in [0.29, 0.717) is 0 Å². The van der Waals surface area contributed by atoms with Crippen LogP contribution in [0.3, 0.4) is 0 Å². The van der Waals surface area contributed by atoms with Crippen LogP contribution in [0.25, 0.3) is 0 Å². The largest absolute Gasteiger partial charge is 0.416 e. The van der Waals surface area contributed by atoms with Crippen molar-refractivity contribution in [2.75, 3.05) is 6.54 Å². The molecule has 19 heavy (non-hydrogen) atoms. The molecule has 3 nitrogen and oxygen atoms in total. The van der Waals surface area contributed by atoms with E-state index < -0.39 is 17.6 Å². The minimum atomic E-state index is -4.45. The van der Waals surface area contributed by atoms with Crippen LogP contribution in [-0.4, -0.2) is 18.5 Å². The first-order valence-electron chi connectivity index (χ1n) is 5.49. The van der Waals surface area contributed by atoms with E-state index in [-0.39, 0.29) is 37.0 Å². The molecule has 0 fully saturated rings. The number of hydrogen-bond acceptors (Lipinski definition) is 2. The van der Waals surface area contributed by atoms with Crippen molar-refractivity contribution in [1.29, 1.82) is 0 Å². The van der Waals surface area contributed by atoms with Gasteiger partial charge in [0.15, 0.2) is 0 Å². The van der Waals surface area contributed by atoms with Gasteiger partial charge in [0.05, 0.1) is 12.0 Å². The Balaban J connectivity index is 0.00000324. The summed E-state index contributed by atoms with van der Waals surface area (Å²) in [5.74, 6) is -0.468. The van der Waals surface area contributed by atoms with Crippen molar-refractivity contribution < 1.29 is 18.0 Å². The Hall–Kier alpha value is -1.27. The molecule has 0 spiro atoms. The van der Waals surface area contributed by atoms with Gasteiger partial charge in [0, 0.05) is 12.6 Å². The first-order valence-corrected chi connectivity index (χ1v) is 5.49. The summed E-state index contributed by atoms with van der Waals surface area (Å²) < 4.78 is 38.0. The number of nitrogens with two attached hydrogens (primary N) is 1. The molecule has 0 aliphatic rings. The third-order valence-electron chi connectivity index (χ3n) is 2.43. The summed E-state index contributed by atoms with van der Waals surface area (Å²) in [6.07, 6.45) is -4.75. The smallest absolute Gasteiger partial charge is 0.352 e. The molecule has 108 valence electrons. The van der Waals surface area contributed by atoms with Gasteiger partial charge >= 0.3 is 6.18 Å². The van der Waals surface area contributed by atoms with Crippen molar-refractivity contribution in [3.05, 3.63) is 35.4 Å². The molecule has 0 unspecified atom stereocenters. The normalized spacial score (nSPS) is 12.5. The van der Waals surface area contributed by atoms with Crippen molar-refractivity contribution in [1.82, 2.24) is 5.32 Å². The Labute approximate surface area is 115 Å². The second-order valence-corrected chi connectivity index (χ2v) is 4.04. The molecule has 0 aliphatic carbocycles. The average Bonchev–Trinajstić information content (AvgIpc) is 2.27. The number of halogens is 4. The monoisotopic (exact) mass is 296 g/mol. The van der Waals surface area contributed by atoms with Crippen LogP contribution in [0.1, 0.15) is 18.1 Å². The summed E-state index contributed by atoms with van der Waals surface area (Å²) in [4.78, 5) is 11.5. The van der Waals surface area contributed by atoms with Crippen LogP contribution in [0.2, 0.25) is 0 Å². The van der Waals surface area contributed by atoms with Crippen LogP contribution in [0.5, 0.6) is 0 Å². The molecule has 0 saturated carbocycles. The highest BCUT2D eigenvalue weighted by Gasteiger charge is 2.33. The summed E-state index contributed by atoms with van der Waals surface area (Å²) >= 11 is 0. The van der Waals surface area contributed by atoms with Gasteiger partial charge in [-0.3, -0.25) is 4.79 Å². The van der Waals surface area contributed by atoms with E-state index in [1.165, 1.54) is 18.2 Å². The highest BCUT2D eigenvalue weighted by molar-refractivity contribution is 5.85. The summed E-state index contributed by atoms with van der Waals surface area (Å²) in [5, 5.41) is 2.53. The third-order valence-corrected chi connectivity index (χ3v) is 2.43. The van der Waals surface area contributed by atoms with Crippen LogP contribution in [0, 0.1) is 0 Å². The number of carbonyl (C=O) groups excluding carboxylic acids is 1. The fourth-order valence-corrected chi connectivity index (χ4v) is 1.51. The summed E-state index contributed by atoms with van der Waals surface area (Å²) in [6.45, 7) is 1.93. The fraction of sp³-hybridized carbons (Fsp3) is 0.417. The highest BCUT2D eigenvalue weighted by atomic mass is 35.5. The lowest BCUT2D eigenvalue weighted by Crippen LogP contribution is -2.38. The maximum Gasteiger partial charge on any atom is 0.416 e. The second kappa shape index (κ2) is 7.35. The second-order valence-electron chi connectivity index (χ2n) is 4.04. The average molecular weight is 297 g/mol. The summed E-state index contributed by atoms with van der Waals surface area (Å²) in [6, 6.07) is 4.79. The lowest BCUT2D eigenvalue weighted by Gasteiger charge is -2.14. The topological polar surface area (TPSA) is 55.1 Å². The van der Waals surface area contributed by atoms with E-state index in [2.05, 4.69) is 5.32 Å². The zero-order valence-electron chi connectivity index (χ0n) is 10.3. The molecule has 0 aliphatic heterocycles. The number of amides is 1. The van der Waals surface area contributed by atoms with E-state index in [0.717, 1.165) is 6.07 Å². The number of nitrogens with one attached hydrogen (secondary N) is 1. The molecule has 3 N–H and O–H groups in total. The van der Waals surface area contributed by atoms with E-state index in [1.54, 1.807) is 6.92 Å². The van der Waals surface area contributed by atoms with Crippen molar-refractivity contribution in [2.24, 2.45) is 5.73 Å². The molecular weight excluding hydrogens is 281 g/mol. The number of rotatable bonds is 4.